The molecule has 2 rings (SSSR count). The molecule has 100 valence electrons. The van der Waals surface area contributed by atoms with Crippen molar-refractivity contribution in [2.24, 2.45) is 0 Å². The van der Waals surface area contributed by atoms with E-state index in [4.69, 9.17) is 5.11 Å². The van der Waals surface area contributed by atoms with Crippen molar-refractivity contribution in [2.45, 2.75) is 32.4 Å². The molecule has 0 radical (unpaired) electrons. The molecule has 2 N–H and O–H groups in total. The lowest BCUT2D eigenvalue weighted by molar-refractivity contribution is 0.0702. The highest BCUT2D eigenvalue weighted by molar-refractivity contribution is 7.14. The van der Waals surface area contributed by atoms with Gasteiger partial charge in [-0.05, 0) is 51.5 Å². The number of carboxylic acids is 1. The molecule has 18 heavy (non-hydrogen) atoms. The Kier molecular flexibility index (Phi) is 4.37. The first kappa shape index (κ1) is 13.5. The third-order valence-electron chi connectivity index (χ3n) is 3.53. The number of hydrogen-bond acceptors (Lipinski definition) is 4. The fourth-order valence-corrected chi connectivity index (χ4v) is 3.15. The number of nitrogens with one attached hydrogen (secondary N) is 1. The van der Waals surface area contributed by atoms with Crippen LogP contribution >= 0.6 is 11.3 Å². The third kappa shape index (κ3) is 3.31. The fraction of sp³-hybridized carbons (Fsp3) is 0.615. The number of carbonyl (C=O) groups is 1. The van der Waals surface area contributed by atoms with Crippen LogP contribution in [0.2, 0.25) is 0 Å². The molecule has 1 aliphatic heterocycles. The summed E-state index contributed by atoms with van der Waals surface area (Å²) in [5, 5.41) is 12.5. The summed E-state index contributed by atoms with van der Waals surface area (Å²) in [6.45, 7) is 5.05. The Labute approximate surface area is 112 Å². The van der Waals surface area contributed by atoms with Gasteiger partial charge in [-0.25, -0.2) is 4.79 Å². The van der Waals surface area contributed by atoms with Crippen molar-refractivity contribution in [1.82, 2.24) is 10.2 Å². The van der Waals surface area contributed by atoms with E-state index in [0.29, 0.717) is 10.9 Å². The second kappa shape index (κ2) is 5.82. The maximum Gasteiger partial charge on any atom is 0.345 e. The summed E-state index contributed by atoms with van der Waals surface area (Å²) in [6.07, 6.45) is 2.34. The molecule has 0 atom stereocenters. The SMILES string of the molecule is Cc1sc(C(=O)O)cc1CNC1CCN(C)CC1. The first-order chi connectivity index (χ1) is 8.56. The molecule has 1 aliphatic rings. The molecule has 0 spiro atoms. The van der Waals surface area contributed by atoms with E-state index < -0.39 is 5.97 Å². The third-order valence-corrected chi connectivity index (χ3v) is 4.61. The highest BCUT2D eigenvalue weighted by Gasteiger charge is 2.17. The van der Waals surface area contributed by atoms with Gasteiger partial charge in [-0.3, -0.25) is 0 Å². The van der Waals surface area contributed by atoms with Crippen molar-refractivity contribution in [3.63, 3.8) is 0 Å². The van der Waals surface area contributed by atoms with Crippen LogP contribution in [0.4, 0.5) is 0 Å². The predicted molar refractivity (Wildman–Crippen MR) is 73.4 cm³/mol. The zero-order chi connectivity index (χ0) is 13.1. The van der Waals surface area contributed by atoms with Crippen LogP contribution in [0.3, 0.4) is 0 Å². The topological polar surface area (TPSA) is 52.6 Å². The van der Waals surface area contributed by atoms with E-state index in [1.54, 1.807) is 6.07 Å². The number of carboxylic acid groups (broad SMARTS) is 1. The standard InChI is InChI=1S/C13H20N2O2S/c1-9-10(7-12(18-9)13(16)17)8-14-11-3-5-15(2)6-4-11/h7,11,14H,3-6,8H2,1-2H3,(H,16,17). The Morgan fingerprint density at radius 3 is 2.78 bits per heavy atom. The Hall–Kier alpha value is -0.910. The lowest BCUT2D eigenvalue weighted by Gasteiger charge is -2.29. The Bertz CT molecular complexity index is 423. The monoisotopic (exact) mass is 268 g/mol. The molecule has 1 fully saturated rings. The first-order valence-electron chi connectivity index (χ1n) is 6.31. The maximum atomic E-state index is 10.9. The summed E-state index contributed by atoms with van der Waals surface area (Å²) in [4.78, 5) is 14.8. The van der Waals surface area contributed by atoms with Crippen molar-refractivity contribution in [3.05, 3.63) is 21.4 Å². The summed E-state index contributed by atoms with van der Waals surface area (Å²) in [5.41, 5.74) is 1.12. The molecule has 0 aliphatic carbocycles. The van der Waals surface area contributed by atoms with E-state index in [2.05, 4.69) is 17.3 Å². The lowest BCUT2D eigenvalue weighted by atomic mass is 10.1. The summed E-state index contributed by atoms with van der Waals surface area (Å²) < 4.78 is 0. The lowest BCUT2D eigenvalue weighted by Crippen LogP contribution is -2.40. The average molecular weight is 268 g/mol. The summed E-state index contributed by atoms with van der Waals surface area (Å²) in [7, 11) is 2.15. The van der Waals surface area contributed by atoms with Crippen molar-refractivity contribution in [3.8, 4) is 0 Å². The number of aromatic carboxylic acids is 1. The van der Waals surface area contributed by atoms with E-state index >= 15 is 0 Å². The summed E-state index contributed by atoms with van der Waals surface area (Å²) in [5.74, 6) is -0.825. The molecule has 0 bridgehead atoms. The van der Waals surface area contributed by atoms with Gasteiger partial charge in [0, 0.05) is 17.5 Å². The molecular weight excluding hydrogens is 248 g/mol. The molecule has 2 heterocycles. The van der Waals surface area contributed by atoms with Gasteiger partial charge >= 0.3 is 5.97 Å². The molecule has 1 saturated heterocycles. The maximum absolute atomic E-state index is 10.9. The number of likely N-dealkylation sites (tertiary alicyclic amines) is 1. The number of hydrogen-bond donors (Lipinski definition) is 2. The molecule has 4 nitrogen and oxygen atoms in total. The van der Waals surface area contributed by atoms with E-state index in [0.717, 1.165) is 30.1 Å². The van der Waals surface area contributed by atoms with Gasteiger partial charge in [0.25, 0.3) is 0 Å². The van der Waals surface area contributed by atoms with Crippen LogP contribution < -0.4 is 5.32 Å². The fourth-order valence-electron chi connectivity index (χ4n) is 2.27. The molecule has 1 aromatic rings. The average Bonchev–Trinajstić information content (AvgIpc) is 2.70. The molecular formula is C13H20N2O2S. The predicted octanol–water partition coefficient (Wildman–Crippen LogP) is 1.94. The van der Waals surface area contributed by atoms with Crippen LogP contribution in [-0.2, 0) is 6.54 Å². The van der Waals surface area contributed by atoms with Gasteiger partial charge in [0.2, 0.25) is 0 Å². The molecule has 0 unspecified atom stereocenters. The zero-order valence-electron chi connectivity index (χ0n) is 10.9. The van der Waals surface area contributed by atoms with Crippen molar-refractivity contribution >= 4 is 17.3 Å². The van der Waals surface area contributed by atoms with E-state index in [1.807, 2.05) is 6.92 Å². The van der Waals surface area contributed by atoms with Crippen molar-refractivity contribution < 1.29 is 9.90 Å². The minimum atomic E-state index is -0.825. The molecule has 0 aromatic carbocycles. The minimum absolute atomic E-state index is 0.438. The highest BCUT2D eigenvalue weighted by atomic mass is 32.1. The van der Waals surface area contributed by atoms with Crippen LogP contribution in [0, 0.1) is 6.92 Å². The highest BCUT2D eigenvalue weighted by Crippen LogP contribution is 2.22. The Balaban J connectivity index is 1.88. The van der Waals surface area contributed by atoms with E-state index in [9.17, 15) is 4.79 Å². The van der Waals surface area contributed by atoms with Crippen LogP contribution in [0.1, 0.15) is 33.0 Å². The molecule has 5 heteroatoms. The number of piperidine rings is 1. The number of rotatable bonds is 4. The second-order valence-electron chi connectivity index (χ2n) is 4.96. The minimum Gasteiger partial charge on any atom is -0.477 e. The Morgan fingerprint density at radius 1 is 1.56 bits per heavy atom. The summed E-state index contributed by atoms with van der Waals surface area (Å²) in [6, 6.07) is 2.36. The normalized spacial score (nSPS) is 18.1. The van der Waals surface area contributed by atoms with Gasteiger partial charge in [0.15, 0.2) is 0 Å². The van der Waals surface area contributed by atoms with Gasteiger partial charge in [-0.1, -0.05) is 0 Å². The zero-order valence-corrected chi connectivity index (χ0v) is 11.7. The van der Waals surface area contributed by atoms with Gasteiger partial charge in [-0.2, -0.15) is 0 Å². The van der Waals surface area contributed by atoms with Gasteiger partial charge in [0.1, 0.15) is 4.88 Å². The van der Waals surface area contributed by atoms with E-state index in [1.165, 1.54) is 24.2 Å². The number of thiophene rings is 1. The largest absolute Gasteiger partial charge is 0.477 e. The second-order valence-corrected chi connectivity index (χ2v) is 6.21. The van der Waals surface area contributed by atoms with Crippen LogP contribution in [0.5, 0.6) is 0 Å². The number of nitrogens with zero attached hydrogens (tertiary/aromatic N) is 1. The Morgan fingerprint density at radius 2 is 2.22 bits per heavy atom. The molecule has 0 amide bonds. The van der Waals surface area contributed by atoms with Crippen LogP contribution in [0.15, 0.2) is 6.07 Å². The first-order valence-corrected chi connectivity index (χ1v) is 7.12. The van der Waals surface area contributed by atoms with E-state index in [-0.39, 0.29) is 0 Å². The molecule has 1 aromatic heterocycles. The quantitative estimate of drug-likeness (QED) is 0.876. The summed E-state index contributed by atoms with van der Waals surface area (Å²) >= 11 is 1.36. The van der Waals surface area contributed by atoms with Gasteiger partial charge in [-0.15, -0.1) is 11.3 Å². The van der Waals surface area contributed by atoms with Crippen molar-refractivity contribution in [2.75, 3.05) is 20.1 Å². The van der Waals surface area contributed by atoms with Gasteiger partial charge in [0.05, 0.1) is 0 Å². The van der Waals surface area contributed by atoms with Crippen molar-refractivity contribution in [1.29, 1.82) is 0 Å². The smallest absolute Gasteiger partial charge is 0.345 e. The molecule has 0 saturated carbocycles. The number of aryl methyl sites for hydroxylation is 1. The van der Waals surface area contributed by atoms with Crippen LogP contribution in [-0.4, -0.2) is 42.2 Å². The van der Waals surface area contributed by atoms with Gasteiger partial charge < -0.3 is 15.3 Å². The van der Waals surface area contributed by atoms with Crippen LogP contribution in [0.25, 0.3) is 0 Å².